The number of azo groups is 2. The Bertz CT molecular complexity index is 271. The van der Waals surface area contributed by atoms with Crippen molar-refractivity contribution in [1.29, 1.82) is 0 Å². The Hall–Kier alpha value is -0.400. The number of hydrogen-bond donors (Lipinski definition) is 0. The van der Waals surface area contributed by atoms with Gasteiger partial charge >= 0.3 is 0 Å². The molecule has 2 aliphatic rings. The van der Waals surface area contributed by atoms with Gasteiger partial charge in [0.05, 0.1) is 5.92 Å². The monoisotopic (exact) mass is 195 g/mol. The van der Waals surface area contributed by atoms with Crippen molar-refractivity contribution in [2.45, 2.75) is 71.0 Å². The summed E-state index contributed by atoms with van der Waals surface area (Å²) in [6.07, 6.45) is 4.10. The van der Waals surface area contributed by atoms with Gasteiger partial charge in [-0.2, -0.15) is 0 Å². The van der Waals surface area contributed by atoms with Crippen LogP contribution in [0.15, 0.2) is 5.11 Å². The zero-order chi connectivity index (χ0) is 10.6. The Labute approximate surface area is 87.4 Å². The number of nitrogens with zero attached hydrogens (tertiary/aromatic N) is 2. The van der Waals surface area contributed by atoms with Gasteiger partial charge in [0, 0.05) is 27.2 Å². The highest BCUT2D eigenvalue weighted by Crippen LogP contribution is 2.45. The lowest BCUT2D eigenvalue weighted by molar-refractivity contribution is -0.677. The number of hydrogen-bond acceptors (Lipinski definition) is 1. The molecule has 0 aromatic rings. The SMILES string of the molecule is CC1(C)N=[N+](C(C)(C)C)C2CCCC21. The quantitative estimate of drug-likeness (QED) is 0.527. The predicted octanol–water partition coefficient (Wildman–Crippen LogP) is 3.21. The molecule has 14 heavy (non-hydrogen) atoms. The van der Waals surface area contributed by atoms with Gasteiger partial charge in [0.15, 0.2) is 11.6 Å². The Kier molecular flexibility index (Phi) is 2.03. The summed E-state index contributed by atoms with van der Waals surface area (Å²) < 4.78 is 2.38. The van der Waals surface area contributed by atoms with Gasteiger partial charge in [-0.05, 0) is 31.8 Å². The second-order valence-electron chi connectivity index (χ2n) is 6.37. The average molecular weight is 195 g/mol. The van der Waals surface area contributed by atoms with Gasteiger partial charge in [-0.25, -0.2) is 0 Å². The van der Waals surface area contributed by atoms with E-state index in [9.17, 15) is 0 Å². The molecule has 2 rings (SSSR count). The summed E-state index contributed by atoms with van der Waals surface area (Å²) in [4.78, 5) is 0. The first-order chi connectivity index (χ1) is 6.32. The highest BCUT2D eigenvalue weighted by Gasteiger charge is 2.55. The molecule has 1 fully saturated rings. The van der Waals surface area contributed by atoms with E-state index in [2.05, 4.69) is 39.3 Å². The van der Waals surface area contributed by atoms with Crippen LogP contribution in [0.3, 0.4) is 0 Å². The highest BCUT2D eigenvalue weighted by molar-refractivity contribution is 4.96. The van der Waals surface area contributed by atoms with Crippen LogP contribution in [0, 0.1) is 5.92 Å². The lowest BCUT2D eigenvalue weighted by Crippen LogP contribution is -2.38. The van der Waals surface area contributed by atoms with Crippen molar-refractivity contribution in [3.63, 3.8) is 0 Å². The van der Waals surface area contributed by atoms with Crippen molar-refractivity contribution in [2.75, 3.05) is 0 Å². The second kappa shape index (κ2) is 2.80. The van der Waals surface area contributed by atoms with Crippen LogP contribution in [0.1, 0.15) is 53.9 Å². The maximum absolute atomic E-state index is 4.91. The second-order valence-corrected chi connectivity index (χ2v) is 6.37. The predicted molar refractivity (Wildman–Crippen MR) is 57.6 cm³/mol. The molecule has 0 radical (unpaired) electrons. The molecule has 1 aliphatic heterocycles. The van der Waals surface area contributed by atoms with Gasteiger partial charge < -0.3 is 0 Å². The van der Waals surface area contributed by atoms with E-state index >= 15 is 0 Å². The zero-order valence-electron chi connectivity index (χ0n) is 10.2. The fraction of sp³-hybridized carbons (Fsp3) is 1.00. The summed E-state index contributed by atoms with van der Waals surface area (Å²) in [5.74, 6) is 0.793. The van der Waals surface area contributed by atoms with Crippen molar-refractivity contribution in [2.24, 2.45) is 11.0 Å². The van der Waals surface area contributed by atoms with Crippen LogP contribution in [0.5, 0.6) is 0 Å². The van der Waals surface area contributed by atoms with E-state index in [1.807, 2.05) is 0 Å². The first-order valence-electron chi connectivity index (χ1n) is 5.84. The van der Waals surface area contributed by atoms with Gasteiger partial charge in [-0.3, -0.25) is 0 Å². The molecule has 0 aromatic heterocycles. The smallest absolute Gasteiger partial charge is 0.120 e. The van der Waals surface area contributed by atoms with Crippen molar-refractivity contribution in [3.05, 3.63) is 0 Å². The van der Waals surface area contributed by atoms with Crippen LogP contribution in [-0.4, -0.2) is 21.8 Å². The highest BCUT2D eigenvalue weighted by atomic mass is 15.4. The van der Waals surface area contributed by atoms with Gasteiger partial charge in [0.1, 0.15) is 5.54 Å². The molecule has 0 N–H and O–H groups in total. The first-order valence-corrected chi connectivity index (χ1v) is 5.84. The largest absolute Gasteiger partial charge is 0.183 e. The van der Waals surface area contributed by atoms with Crippen molar-refractivity contribution >= 4 is 0 Å². The Balaban J connectivity index is 2.35. The van der Waals surface area contributed by atoms with Gasteiger partial charge in [-0.1, -0.05) is 0 Å². The zero-order valence-corrected chi connectivity index (χ0v) is 10.2. The summed E-state index contributed by atoms with van der Waals surface area (Å²) >= 11 is 0. The Morgan fingerprint density at radius 2 is 1.86 bits per heavy atom. The minimum absolute atomic E-state index is 0.175. The maximum atomic E-state index is 4.91. The molecular weight excluding hydrogens is 172 g/mol. The molecule has 2 heteroatoms. The maximum Gasteiger partial charge on any atom is 0.183 e. The molecule has 0 amide bonds. The van der Waals surface area contributed by atoms with E-state index in [-0.39, 0.29) is 11.1 Å². The standard InChI is InChI=1S/C12H23N2/c1-11(2,3)14-10-8-6-7-9(10)12(4,5)13-14/h9-10H,6-8H2,1-5H3/q+1. The fourth-order valence-electron chi connectivity index (χ4n) is 3.13. The number of fused-ring (bicyclic) bond motifs is 1. The van der Waals surface area contributed by atoms with Crippen LogP contribution < -0.4 is 0 Å². The molecular formula is C12H23N2+. The van der Waals surface area contributed by atoms with E-state index in [0.717, 1.165) is 5.92 Å². The van der Waals surface area contributed by atoms with Crippen LogP contribution in [0.4, 0.5) is 0 Å². The summed E-state index contributed by atoms with van der Waals surface area (Å²) in [7, 11) is 0. The molecule has 0 spiro atoms. The Morgan fingerprint density at radius 1 is 1.21 bits per heavy atom. The molecule has 1 saturated carbocycles. The molecule has 1 aliphatic carbocycles. The molecule has 2 nitrogen and oxygen atoms in total. The third-order valence-corrected chi connectivity index (χ3v) is 3.75. The van der Waals surface area contributed by atoms with E-state index in [0.29, 0.717) is 6.04 Å². The molecule has 1 heterocycles. The van der Waals surface area contributed by atoms with E-state index < -0.39 is 0 Å². The lowest BCUT2D eigenvalue weighted by atomic mass is 9.85. The fourth-order valence-corrected chi connectivity index (χ4v) is 3.13. The summed E-state index contributed by atoms with van der Waals surface area (Å²) in [5.41, 5.74) is 0.371. The molecule has 0 aromatic carbocycles. The van der Waals surface area contributed by atoms with Crippen molar-refractivity contribution < 1.29 is 4.70 Å². The third kappa shape index (κ3) is 1.39. The van der Waals surface area contributed by atoms with Gasteiger partial charge in [-0.15, -0.1) is 4.70 Å². The first kappa shape index (κ1) is 10.1. The summed E-state index contributed by atoms with van der Waals surface area (Å²) in [6.45, 7) is 11.4. The number of rotatable bonds is 0. The van der Waals surface area contributed by atoms with E-state index in [1.54, 1.807) is 0 Å². The van der Waals surface area contributed by atoms with Crippen LogP contribution in [-0.2, 0) is 0 Å². The third-order valence-electron chi connectivity index (χ3n) is 3.75. The Morgan fingerprint density at radius 3 is 2.43 bits per heavy atom. The van der Waals surface area contributed by atoms with Gasteiger partial charge in [0.2, 0.25) is 0 Å². The van der Waals surface area contributed by atoms with Crippen LogP contribution in [0.25, 0.3) is 0 Å². The van der Waals surface area contributed by atoms with Crippen LogP contribution in [0.2, 0.25) is 0 Å². The van der Waals surface area contributed by atoms with E-state index in [1.165, 1.54) is 19.3 Å². The van der Waals surface area contributed by atoms with Gasteiger partial charge in [0.25, 0.3) is 0 Å². The minimum atomic E-state index is 0.175. The molecule has 0 saturated heterocycles. The molecule has 2 atom stereocenters. The topological polar surface area (TPSA) is 15.4 Å². The van der Waals surface area contributed by atoms with E-state index in [4.69, 9.17) is 5.11 Å². The lowest BCUT2D eigenvalue weighted by Gasteiger charge is -2.18. The van der Waals surface area contributed by atoms with Crippen LogP contribution >= 0.6 is 0 Å². The average Bonchev–Trinajstić information content (AvgIpc) is 2.51. The summed E-state index contributed by atoms with van der Waals surface area (Å²) in [5, 5.41) is 4.91. The molecule has 80 valence electrons. The van der Waals surface area contributed by atoms with Crippen molar-refractivity contribution in [1.82, 2.24) is 0 Å². The molecule has 2 unspecified atom stereocenters. The molecule has 0 bridgehead atoms. The van der Waals surface area contributed by atoms with Crippen molar-refractivity contribution in [3.8, 4) is 0 Å². The minimum Gasteiger partial charge on any atom is -0.120 e. The normalized spacial score (nSPS) is 35.6. The summed E-state index contributed by atoms with van der Waals surface area (Å²) in [6, 6.07) is 0.713.